The molecule has 0 aliphatic carbocycles. The van der Waals surface area contributed by atoms with Crippen molar-refractivity contribution in [1.29, 1.82) is 0 Å². The van der Waals surface area contributed by atoms with Crippen molar-refractivity contribution in [2.24, 2.45) is 0 Å². The summed E-state index contributed by atoms with van der Waals surface area (Å²) in [4.78, 5) is 0. The van der Waals surface area contributed by atoms with Gasteiger partial charge in [-0.2, -0.15) is 0 Å². The highest BCUT2D eigenvalue weighted by atomic mass is 127. The second kappa shape index (κ2) is 6.20. The van der Waals surface area contributed by atoms with Gasteiger partial charge in [-0.05, 0) is 80.0 Å². The van der Waals surface area contributed by atoms with Crippen LogP contribution in [-0.4, -0.2) is 0 Å². The quantitative estimate of drug-likeness (QED) is 0.334. The molecule has 5 heteroatoms. The number of benzene rings is 2. The van der Waals surface area contributed by atoms with Crippen molar-refractivity contribution in [1.82, 2.24) is 0 Å². The second-order valence-corrected chi connectivity index (χ2v) is 7.09. The molecule has 0 nitrogen and oxygen atoms in total. The lowest BCUT2D eigenvalue weighted by Gasteiger charge is -2.13. The Hall–Kier alpha value is 0.350. The van der Waals surface area contributed by atoms with E-state index >= 15 is 0 Å². The van der Waals surface area contributed by atoms with Crippen LogP contribution in [0.4, 0.5) is 4.39 Å². The lowest BCUT2D eigenvalue weighted by molar-refractivity contribution is 0.620. The molecule has 18 heavy (non-hydrogen) atoms. The molecular formula is C13H7Br2ClFI. The highest BCUT2D eigenvalue weighted by Gasteiger charge is 2.15. The molecule has 0 aromatic heterocycles. The molecule has 1 unspecified atom stereocenters. The molecule has 0 heterocycles. The third-order valence-electron chi connectivity index (χ3n) is 2.47. The van der Waals surface area contributed by atoms with Gasteiger partial charge in [0.15, 0.2) is 0 Å². The van der Waals surface area contributed by atoms with Crippen molar-refractivity contribution in [2.75, 3.05) is 0 Å². The molecule has 2 aromatic carbocycles. The maximum atomic E-state index is 13.2. The first-order valence-corrected chi connectivity index (χ1v) is 8.13. The lowest BCUT2D eigenvalue weighted by atomic mass is 10.0. The molecule has 94 valence electrons. The Morgan fingerprint density at radius 1 is 1.06 bits per heavy atom. The molecule has 0 saturated carbocycles. The fraction of sp³-hybridized carbons (Fsp3) is 0.0769. The van der Waals surface area contributed by atoms with Gasteiger partial charge in [0.25, 0.3) is 0 Å². The zero-order valence-electron chi connectivity index (χ0n) is 8.93. The monoisotopic (exact) mass is 502 g/mol. The Bertz CT molecular complexity index is 589. The van der Waals surface area contributed by atoms with Gasteiger partial charge in [0.05, 0.1) is 9.85 Å². The van der Waals surface area contributed by atoms with Crippen LogP contribution in [0, 0.1) is 9.39 Å². The first-order valence-electron chi connectivity index (χ1n) is 5.03. The zero-order chi connectivity index (χ0) is 13.3. The topological polar surface area (TPSA) is 0 Å². The molecular weight excluding hydrogens is 497 g/mol. The average molecular weight is 504 g/mol. The van der Waals surface area contributed by atoms with Crippen LogP contribution in [0.5, 0.6) is 0 Å². The fourth-order valence-corrected chi connectivity index (χ4v) is 3.39. The molecule has 2 rings (SSSR count). The number of rotatable bonds is 2. The Morgan fingerprint density at radius 2 is 1.78 bits per heavy atom. The largest absolute Gasteiger partial charge is 0.206 e. The lowest BCUT2D eigenvalue weighted by Crippen LogP contribution is -1.96. The van der Waals surface area contributed by atoms with E-state index in [0.29, 0.717) is 4.47 Å². The predicted molar refractivity (Wildman–Crippen MR) is 88.7 cm³/mol. The highest BCUT2D eigenvalue weighted by molar-refractivity contribution is 14.1. The van der Waals surface area contributed by atoms with E-state index in [9.17, 15) is 4.39 Å². The molecule has 0 N–H and O–H groups in total. The molecule has 1 atom stereocenters. The van der Waals surface area contributed by atoms with Crippen molar-refractivity contribution in [2.45, 2.75) is 5.38 Å². The van der Waals surface area contributed by atoms with Crippen molar-refractivity contribution < 1.29 is 4.39 Å². The Labute approximate surface area is 140 Å². The van der Waals surface area contributed by atoms with Gasteiger partial charge in [-0.15, -0.1) is 11.6 Å². The van der Waals surface area contributed by atoms with Crippen LogP contribution in [0.3, 0.4) is 0 Å². The summed E-state index contributed by atoms with van der Waals surface area (Å²) in [6.45, 7) is 0. The predicted octanol–water partition coefficient (Wildman–Crippen LogP) is 6.28. The van der Waals surface area contributed by atoms with Crippen molar-refractivity contribution >= 4 is 66.1 Å². The number of hydrogen-bond donors (Lipinski definition) is 0. The third kappa shape index (κ3) is 3.26. The van der Waals surface area contributed by atoms with E-state index < -0.39 is 0 Å². The number of hydrogen-bond acceptors (Lipinski definition) is 0. The molecule has 0 aliphatic rings. The smallest absolute Gasteiger partial charge is 0.137 e. The van der Waals surface area contributed by atoms with E-state index in [1.807, 2.05) is 18.2 Å². The van der Waals surface area contributed by atoms with Crippen molar-refractivity contribution in [3.63, 3.8) is 0 Å². The maximum Gasteiger partial charge on any atom is 0.137 e. The molecule has 0 saturated heterocycles. The SMILES string of the molecule is Fc1ccc(C(Cl)c2cc(I)ccc2Br)cc1Br. The zero-order valence-corrected chi connectivity index (χ0v) is 15.0. The Morgan fingerprint density at radius 3 is 2.44 bits per heavy atom. The van der Waals surface area contributed by atoms with Crippen LogP contribution in [-0.2, 0) is 0 Å². The summed E-state index contributed by atoms with van der Waals surface area (Å²) in [5.74, 6) is -0.288. The summed E-state index contributed by atoms with van der Waals surface area (Å²) < 4.78 is 15.7. The van der Waals surface area contributed by atoms with E-state index in [-0.39, 0.29) is 11.2 Å². The van der Waals surface area contributed by atoms with Gasteiger partial charge < -0.3 is 0 Å². The minimum absolute atomic E-state index is 0.288. The summed E-state index contributed by atoms with van der Waals surface area (Å²) in [5, 5.41) is -0.314. The van der Waals surface area contributed by atoms with Gasteiger partial charge in [0, 0.05) is 8.04 Å². The van der Waals surface area contributed by atoms with E-state index in [1.165, 1.54) is 6.07 Å². The van der Waals surface area contributed by atoms with Gasteiger partial charge >= 0.3 is 0 Å². The van der Waals surface area contributed by atoms with Crippen molar-refractivity contribution in [3.05, 3.63) is 65.9 Å². The Balaban J connectivity index is 2.44. The molecule has 0 amide bonds. The maximum absolute atomic E-state index is 13.2. The van der Waals surface area contributed by atoms with Gasteiger partial charge in [0.1, 0.15) is 5.82 Å². The fourth-order valence-electron chi connectivity index (χ4n) is 1.56. The number of alkyl halides is 1. The molecule has 0 aliphatic heterocycles. The summed E-state index contributed by atoms with van der Waals surface area (Å²) in [6.07, 6.45) is 0. The van der Waals surface area contributed by atoms with Crippen LogP contribution >= 0.6 is 66.1 Å². The molecule has 2 aromatic rings. The van der Waals surface area contributed by atoms with Crippen LogP contribution in [0.2, 0.25) is 0 Å². The van der Waals surface area contributed by atoms with Crippen molar-refractivity contribution in [3.8, 4) is 0 Å². The van der Waals surface area contributed by atoms with E-state index in [4.69, 9.17) is 11.6 Å². The van der Waals surface area contributed by atoms with Crippen LogP contribution in [0.25, 0.3) is 0 Å². The van der Waals surface area contributed by atoms with E-state index in [0.717, 1.165) is 19.2 Å². The molecule has 0 radical (unpaired) electrons. The summed E-state index contributed by atoms with van der Waals surface area (Å²) in [6, 6.07) is 10.8. The summed E-state index contributed by atoms with van der Waals surface area (Å²) in [5.41, 5.74) is 1.83. The third-order valence-corrected chi connectivity index (χ3v) is 4.96. The Kier molecular flexibility index (Phi) is 5.08. The van der Waals surface area contributed by atoms with Crippen LogP contribution in [0.1, 0.15) is 16.5 Å². The highest BCUT2D eigenvalue weighted by Crippen LogP contribution is 2.36. The normalized spacial score (nSPS) is 12.5. The first-order chi connectivity index (χ1) is 8.49. The average Bonchev–Trinajstić information content (AvgIpc) is 2.35. The first kappa shape index (κ1) is 14.8. The van der Waals surface area contributed by atoms with Gasteiger partial charge in [-0.1, -0.05) is 22.0 Å². The minimum Gasteiger partial charge on any atom is -0.206 e. The van der Waals surface area contributed by atoms with E-state index in [2.05, 4.69) is 54.5 Å². The molecule has 0 bridgehead atoms. The summed E-state index contributed by atoms with van der Waals surface area (Å²) >= 11 is 15.4. The van der Waals surface area contributed by atoms with E-state index in [1.54, 1.807) is 12.1 Å². The van der Waals surface area contributed by atoms with Gasteiger partial charge in [0.2, 0.25) is 0 Å². The molecule has 0 spiro atoms. The second-order valence-electron chi connectivity index (χ2n) is 3.70. The van der Waals surface area contributed by atoms with Gasteiger partial charge in [-0.25, -0.2) is 4.39 Å². The molecule has 0 fully saturated rings. The standard InChI is InChI=1S/C13H7Br2ClFI/c14-10-3-2-8(18)6-9(10)13(16)7-1-4-12(17)11(15)5-7/h1-6,13H. The van der Waals surface area contributed by atoms with Gasteiger partial charge in [-0.3, -0.25) is 0 Å². The minimum atomic E-state index is -0.314. The summed E-state index contributed by atoms with van der Waals surface area (Å²) in [7, 11) is 0. The van der Waals surface area contributed by atoms with Crippen LogP contribution < -0.4 is 0 Å². The van der Waals surface area contributed by atoms with Crippen LogP contribution in [0.15, 0.2) is 45.3 Å². The number of halogens is 5.